The molecule has 0 spiro atoms. The normalized spacial score (nSPS) is 13.3. The second-order valence-corrected chi connectivity index (χ2v) is 5.15. The molecule has 9 nitrogen and oxygen atoms in total. The first-order valence-corrected chi connectivity index (χ1v) is 6.77. The number of nitrogen functional groups attached to an aromatic ring is 1. The lowest BCUT2D eigenvalue weighted by molar-refractivity contribution is 0.0688. The summed E-state index contributed by atoms with van der Waals surface area (Å²) in [5.41, 5.74) is 6.27. The molecular weight excluding hydrogens is 273 g/mol. The van der Waals surface area contributed by atoms with E-state index in [2.05, 4.69) is 20.9 Å². The molecule has 10 heteroatoms. The predicted octanol–water partition coefficient (Wildman–Crippen LogP) is -0.308. The molecule has 1 atom stereocenters. The minimum absolute atomic E-state index is 0.175. The summed E-state index contributed by atoms with van der Waals surface area (Å²) in [7, 11) is -4.31. The average molecular weight is 283 g/mol. The van der Waals surface area contributed by atoms with Crippen molar-refractivity contribution >= 4 is 24.6 Å². The Hall–Kier alpha value is -1.98. The van der Waals surface area contributed by atoms with E-state index in [0.717, 1.165) is 0 Å². The number of anilines is 1. The first kappa shape index (κ1) is 13.5. The van der Waals surface area contributed by atoms with Crippen molar-refractivity contribution in [1.82, 2.24) is 19.5 Å². The van der Waals surface area contributed by atoms with Gasteiger partial charge in [0.25, 0.3) is 0 Å². The molecule has 100 valence electrons. The highest BCUT2D eigenvalue weighted by Gasteiger charge is 2.20. The lowest BCUT2D eigenvalue weighted by atomic mass is 10.5. The van der Waals surface area contributed by atoms with E-state index in [1.54, 1.807) is 0 Å². The van der Waals surface area contributed by atoms with Crippen molar-refractivity contribution in [2.75, 3.05) is 12.1 Å². The zero-order chi connectivity index (χ0) is 14.0. The van der Waals surface area contributed by atoms with Crippen LogP contribution in [0, 0.1) is 12.3 Å². The van der Waals surface area contributed by atoms with Crippen LogP contribution in [-0.2, 0) is 9.30 Å². The minimum Gasteiger partial charge on any atom is -0.382 e. The third kappa shape index (κ3) is 2.89. The summed E-state index contributed by atoms with van der Waals surface area (Å²) >= 11 is 0. The van der Waals surface area contributed by atoms with Crippen molar-refractivity contribution in [3.8, 4) is 12.3 Å². The van der Waals surface area contributed by atoms with Crippen LogP contribution in [0.4, 0.5) is 5.82 Å². The molecule has 2 aromatic heterocycles. The molecule has 2 heterocycles. The number of ether oxygens (including phenoxy) is 1. The van der Waals surface area contributed by atoms with Gasteiger partial charge < -0.3 is 20.3 Å². The molecule has 4 N–H and O–H groups in total. The molecule has 0 aliphatic heterocycles. The standard InChI is InChI=1S/C9H10N5O4P/c1-2-6(18-5-19(15,16)17)14-4-13-7-8(10)11-3-12-9(7)14/h1,3-4,6H,5H2,(H2,10,11,12)(H2,15,16,17)/t6-/m1/s1. The maximum atomic E-state index is 10.8. The lowest BCUT2D eigenvalue weighted by Crippen LogP contribution is -2.12. The molecule has 0 unspecified atom stereocenters. The second kappa shape index (κ2) is 4.95. The Morgan fingerprint density at radius 3 is 2.89 bits per heavy atom. The van der Waals surface area contributed by atoms with Gasteiger partial charge in [-0.2, -0.15) is 0 Å². The van der Waals surface area contributed by atoms with Gasteiger partial charge in [0.2, 0.25) is 0 Å². The van der Waals surface area contributed by atoms with Crippen molar-refractivity contribution < 1.29 is 19.1 Å². The minimum atomic E-state index is -4.31. The molecular formula is C9H10N5O4P. The fraction of sp³-hybridized carbons (Fsp3) is 0.222. The van der Waals surface area contributed by atoms with Gasteiger partial charge >= 0.3 is 7.60 Å². The monoisotopic (exact) mass is 283 g/mol. The third-order valence-corrected chi connectivity index (χ3v) is 2.67. The topological polar surface area (TPSA) is 136 Å². The molecule has 0 fully saturated rings. The van der Waals surface area contributed by atoms with E-state index in [-0.39, 0.29) is 5.82 Å². The summed E-state index contributed by atoms with van der Waals surface area (Å²) in [6.45, 7) is 0. The van der Waals surface area contributed by atoms with Gasteiger partial charge in [0.15, 0.2) is 24.0 Å². The van der Waals surface area contributed by atoms with Crippen LogP contribution in [0.5, 0.6) is 0 Å². The molecule has 0 radical (unpaired) electrons. The summed E-state index contributed by atoms with van der Waals surface area (Å²) in [5.74, 6) is 2.42. The fourth-order valence-corrected chi connectivity index (χ4v) is 1.75. The van der Waals surface area contributed by atoms with Crippen LogP contribution < -0.4 is 5.73 Å². The highest BCUT2D eigenvalue weighted by molar-refractivity contribution is 7.51. The van der Waals surface area contributed by atoms with E-state index < -0.39 is 20.2 Å². The number of hydrogen-bond donors (Lipinski definition) is 3. The number of terminal acetylenes is 1. The molecule has 0 bridgehead atoms. The Morgan fingerprint density at radius 1 is 1.53 bits per heavy atom. The van der Waals surface area contributed by atoms with Gasteiger partial charge in [0, 0.05) is 0 Å². The molecule has 0 aromatic carbocycles. The third-order valence-electron chi connectivity index (χ3n) is 2.18. The van der Waals surface area contributed by atoms with Crippen molar-refractivity contribution in [2.24, 2.45) is 0 Å². The number of aromatic nitrogens is 4. The number of nitrogens with two attached hydrogens (primary N) is 1. The summed E-state index contributed by atoms with van der Waals surface area (Å²) in [5, 5.41) is 0. The Balaban J connectivity index is 2.34. The quantitative estimate of drug-likeness (QED) is 0.513. The van der Waals surface area contributed by atoms with Crippen molar-refractivity contribution in [3.05, 3.63) is 12.7 Å². The van der Waals surface area contributed by atoms with Crippen LogP contribution in [0.25, 0.3) is 11.2 Å². The van der Waals surface area contributed by atoms with E-state index in [4.69, 9.17) is 26.7 Å². The molecule has 0 aliphatic carbocycles. The summed E-state index contributed by atoms with van der Waals surface area (Å²) in [4.78, 5) is 29.2. The van der Waals surface area contributed by atoms with Gasteiger partial charge in [-0.15, -0.1) is 6.42 Å². The van der Waals surface area contributed by atoms with Crippen LogP contribution in [0.1, 0.15) is 6.23 Å². The van der Waals surface area contributed by atoms with E-state index in [9.17, 15) is 4.57 Å². The number of rotatable bonds is 4. The van der Waals surface area contributed by atoms with Crippen molar-refractivity contribution in [1.29, 1.82) is 0 Å². The second-order valence-electron chi connectivity index (χ2n) is 3.56. The first-order valence-electron chi connectivity index (χ1n) is 4.97. The van der Waals surface area contributed by atoms with Crippen LogP contribution in [0.15, 0.2) is 12.7 Å². The molecule has 2 aromatic rings. The van der Waals surface area contributed by atoms with E-state index >= 15 is 0 Å². The molecule has 0 aliphatic rings. The van der Waals surface area contributed by atoms with Crippen LogP contribution in [0.3, 0.4) is 0 Å². The Kier molecular flexibility index (Phi) is 3.50. The van der Waals surface area contributed by atoms with Crippen LogP contribution in [0.2, 0.25) is 0 Å². The number of hydrogen-bond acceptors (Lipinski definition) is 6. The number of fused-ring (bicyclic) bond motifs is 1. The van der Waals surface area contributed by atoms with Crippen LogP contribution >= 0.6 is 7.60 Å². The zero-order valence-electron chi connectivity index (χ0n) is 9.54. The Labute approximate surface area is 107 Å². The molecule has 0 saturated carbocycles. The van der Waals surface area contributed by atoms with E-state index in [1.807, 2.05) is 0 Å². The van der Waals surface area contributed by atoms with Gasteiger partial charge in [-0.25, -0.2) is 15.0 Å². The molecule has 2 rings (SSSR count). The zero-order valence-corrected chi connectivity index (χ0v) is 10.4. The maximum Gasteiger partial charge on any atom is 0.351 e. The smallest absolute Gasteiger partial charge is 0.351 e. The summed E-state index contributed by atoms with van der Waals surface area (Å²) in [6.07, 6.45) is 5.97. The average Bonchev–Trinajstić information content (AvgIpc) is 2.74. The van der Waals surface area contributed by atoms with E-state index in [0.29, 0.717) is 11.2 Å². The highest BCUT2D eigenvalue weighted by Crippen LogP contribution is 2.35. The summed E-state index contributed by atoms with van der Waals surface area (Å²) < 4.78 is 17.1. The number of nitrogens with zero attached hydrogens (tertiary/aromatic N) is 4. The Morgan fingerprint density at radius 2 is 2.26 bits per heavy atom. The predicted molar refractivity (Wildman–Crippen MR) is 65.6 cm³/mol. The van der Waals surface area contributed by atoms with Crippen LogP contribution in [-0.4, -0.2) is 35.7 Å². The molecule has 19 heavy (non-hydrogen) atoms. The van der Waals surface area contributed by atoms with Gasteiger partial charge in [0.1, 0.15) is 18.2 Å². The van der Waals surface area contributed by atoms with E-state index in [1.165, 1.54) is 17.2 Å². The lowest BCUT2D eigenvalue weighted by Gasteiger charge is -2.14. The molecule has 0 saturated heterocycles. The van der Waals surface area contributed by atoms with Gasteiger partial charge in [0.05, 0.1) is 0 Å². The molecule has 0 amide bonds. The van der Waals surface area contributed by atoms with Gasteiger partial charge in [-0.1, -0.05) is 5.92 Å². The largest absolute Gasteiger partial charge is 0.382 e. The summed E-state index contributed by atoms with van der Waals surface area (Å²) in [6, 6.07) is 0. The fourth-order valence-electron chi connectivity index (χ4n) is 1.42. The Bertz CT molecular complexity index is 687. The van der Waals surface area contributed by atoms with Crippen molar-refractivity contribution in [2.45, 2.75) is 6.23 Å². The maximum absolute atomic E-state index is 10.8. The van der Waals surface area contributed by atoms with Gasteiger partial charge in [-0.05, 0) is 0 Å². The van der Waals surface area contributed by atoms with Gasteiger partial charge in [-0.3, -0.25) is 9.13 Å². The van der Waals surface area contributed by atoms with Crippen molar-refractivity contribution in [3.63, 3.8) is 0 Å². The first-order chi connectivity index (χ1) is 8.92. The SMILES string of the molecule is C#C[C@@H](OCP(=O)(O)O)n1cnc2c(N)ncnc21. The highest BCUT2D eigenvalue weighted by atomic mass is 31.2. The number of imidazole rings is 1.